The highest BCUT2D eigenvalue weighted by Crippen LogP contribution is 2.42. The van der Waals surface area contributed by atoms with E-state index in [1.54, 1.807) is 4.68 Å². The summed E-state index contributed by atoms with van der Waals surface area (Å²) in [5, 5.41) is 15.9. The Morgan fingerprint density at radius 1 is 1.30 bits per heavy atom. The van der Waals surface area contributed by atoms with Crippen LogP contribution in [0.25, 0.3) is 0 Å². The number of nitrogens with zero attached hydrogens (tertiary/aromatic N) is 3. The molecule has 2 atom stereocenters. The van der Waals surface area contributed by atoms with Crippen molar-refractivity contribution >= 4 is 21.6 Å². The van der Waals surface area contributed by atoms with Crippen LogP contribution in [-0.2, 0) is 42.1 Å². The van der Waals surface area contributed by atoms with Gasteiger partial charge in [0.15, 0.2) is 9.92 Å². The zero-order valence-electron chi connectivity index (χ0n) is 16.5. The monoisotopic (exact) mass is 434 g/mol. The summed E-state index contributed by atoms with van der Waals surface area (Å²) in [4.78, 5) is 12.7. The number of anilines is 1. The first-order chi connectivity index (χ1) is 14.4. The molecule has 0 bridgehead atoms. The molecule has 0 saturated heterocycles. The molecule has 0 saturated carbocycles. The predicted octanol–water partition coefficient (Wildman–Crippen LogP) is 1.52. The second kappa shape index (κ2) is 7.03. The van der Waals surface area contributed by atoms with Gasteiger partial charge in [-0.25, -0.2) is 23.2 Å². The molecule has 3 aliphatic rings. The lowest BCUT2D eigenvalue weighted by Crippen LogP contribution is -2.40. The maximum absolute atomic E-state index is 14.6. The van der Waals surface area contributed by atoms with Crippen LogP contribution in [0.4, 0.5) is 14.9 Å². The van der Waals surface area contributed by atoms with E-state index in [0.717, 1.165) is 17.5 Å². The van der Waals surface area contributed by atoms with Crippen LogP contribution in [0.1, 0.15) is 28.7 Å². The van der Waals surface area contributed by atoms with E-state index in [1.165, 1.54) is 6.20 Å². The van der Waals surface area contributed by atoms with Crippen LogP contribution in [0.2, 0.25) is 0 Å². The van der Waals surface area contributed by atoms with E-state index in [9.17, 15) is 13.4 Å². The Hall–Kier alpha value is -2.50. The van der Waals surface area contributed by atoms with E-state index >= 15 is 0 Å². The fourth-order valence-corrected chi connectivity index (χ4v) is 5.42. The molecule has 160 valence electrons. The number of hydrogen-bond donors (Lipinski definition) is 3. The van der Waals surface area contributed by atoms with Gasteiger partial charge >= 0.3 is 6.03 Å². The Morgan fingerprint density at radius 2 is 2.00 bits per heavy atom. The molecule has 30 heavy (non-hydrogen) atoms. The van der Waals surface area contributed by atoms with Gasteiger partial charge in [-0.1, -0.05) is 0 Å². The molecule has 2 heterocycles. The Kier molecular flexibility index (Phi) is 4.56. The summed E-state index contributed by atoms with van der Waals surface area (Å²) in [5.41, 5.74) is 3.58. The first kappa shape index (κ1) is 19.5. The summed E-state index contributed by atoms with van der Waals surface area (Å²) >= 11 is 0. The smallest absolute Gasteiger partial charge is 0.354 e. The third-order valence-corrected chi connectivity index (χ3v) is 7.44. The number of fused-ring (bicyclic) bond motifs is 3. The summed E-state index contributed by atoms with van der Waals surface area (Å²) in [6.07, 6.45) is 4.89. The summed E-state index contributed by atoms with van der Waals surface area (Å²) in [7, 11) is -1.75. The number of aromatic nitrogens is 2. The second-order valence-corrected chi connectivity index (χ2v) is 9.60. The minimum atomic E-state index is -3.57. The van der Waals surface area contributed by atoms with Crippen molar-refractivity contribution in [1.82, 2.24) is 15.1 Å². The lowest BCUT2D eigenvalue weighted by molar-refractivity contribution is 0.184. The number of likely N-dealkylation sites (N-methyl/N-ethyl adjacent to an activating group) is 1. The van der Waals surface area contributed by atoms with Gasteiger partial charge in [-0.15, -0.1) is 4.36 Å². The standard InChI is InChI=1S/C19H23FN6O3S/c1-22-10-8-26-18(29-9-10)15(7-23-26)30(21,28)25-19(27)24-17-13-4-2-3-11(13)16(20)12-5-6-14(12)17/h7,10,22H,2-6,8-9H2,1H3,(H3,21,24,25,27,28)/t10-,30-/m0/s1. The number of nitrogens with two attached hydrogens (primary N) is 1. The first-order valence-corrected chi connectivity index (χ1v) is 11.5. The van der Waals surface area contributed by atoms with E-state index in [4.69, 9.17) is 9.88 Å². The largest absolute Gasteiger partial charge is 0.475 e. The topological polar surface area (TPSA) is 124 Å². The van der Waals surface area contributed by atoms with Gasteiger partial charge in [0, 0.05) is 5.69 Å². The van der Waals surface area contributed by atoms with E-state index in [1.807, 2.05) is 7.05 Å². The Bertz CT molecular complexity index is 1180. The van der Waals surface area contributed by atoms with Crippen LogP contribution in [0.15, 0.2) is 15.5 Å². The van der Waals surface area contributed by atoms with Gasteiger partial charge in [-0.2, -0.15) is 5.10 Å². The van der Waals surface area contributed by atoms with Gasteiger partial charge in [-0.05, 0) is 61.4 Å². The van der Waals surface area contributed by atoms with Crippen molar-refractivity contribution in [2.24, 2.45) is 9.50 Å². The van der Waals surface area contributed by atoms with E-state index in [2.05, 4.69) is 20.1 Å². The van der Waals surface area contributed by atoms with E-state index in [0.29, 0.717) is 55.6 Å². The molecule has 0 radical (unpaired) electrons. The molecular formula is C19H23FN6O3S. The van der Waals surface area contributed by atoms with Crippen LogP contribution in [0.5, 0.6) is 5.88 Å². The number of nitrogens with one attached hydrogen (secondary N) is 2. The third kappa shape index (κ3) is 2.99. The molecule has 0 fully saturated rings. The molecule has 0 unspecified atom stereocenters. The number of rotatable bonds is 3. The van der Waals surface area contributed by atoms with Crippen LogP contribution in [0.3, 0.4) is 0 Å². The highest BCUT2D eigenvalue weighted by Gasteiger charge is 2.32. The second-order valence-electron chi connectivity index (χ2n) is 7.84. The minimum Gasteiger partial charge on any atom is -0.475 e. The SMILES string of the molecule is CN[C@@H]1COc2c([S@@](N)(=O)=NC(=O)Nc3c4c(c(F)c5c3CC5)CCC4)cnn2C1. The minimum absolute atomic E-state index is 0.0676. The molecule has 4 N–H and O–H groups in total. The molecule has 1 aliphatic heterocycles. The summed E-state index contributed by atoms with van der Waals surface area (Å²) in [6.45, 7) is 0.895. The Morgan fingerprint density at radius 3 is 2.73 bits per heavy atom. The fraction of sp³-hybridized carbons (Fsp3) is 0.474. The van der Waals surface area contributed by atoms with Crippen molar-refractivity contribution in [2.75, 3.05) is 19.0 Å². The molecule has 11 heteroatoms. The zero-order valence-corrected chi connectivity index (χ0v) is 17.4. The molecule has 5 rings (SSSR count). The molecule has 9 nitrogen and oxygen atoms in total. The number of hydrogen-bond acceptors (Lipinski definition) is 5. The molecule has 0 spiro atoms. The van der Waals surface area contributed by atoms with Gasteiger partial charge in [0.1, 0.15) is 17.3 Å². The van der Waals surface area contributed by atoms with E-state index < -0.39 is 15.9 Å². The van der Waals surface area contributed by atoms with Crippen LogP contribution < -0.4 is 20.5 Å². The normalized spacial score (nSPS) is 20.8. The van der Waals surface area contributed by atoms with Crippen LogP contribution in [0, 0.1) is 5.82 Å². The van der Waals surface area contributed by atoms with Gasteiger partial charge in [0.25, 0.3) is 0 Å². The fourth-order valence-electron chi connectivity index (χ4n) is 4.42. The number of carbonyl (C=O) groups is 1. The summed E-state index contributed by atoms with van der Waals surface area (Å²) < 4.78 is 38.6. The van der Waals surface area contributed by atoms with Crippen molar-refractivity contribution in [2.45, 2.75) is 49.6 Å². The van der Waals surface area contributed by atoms with E-state index in [-0.39, 0.29) is 22.6 Å². The van der Waals surface area contributed by atoms with Crippen molar-refractivity contribution in [3.05, 3.63) is 34.3 Å². The molecule has 1 aromatic carbocycles. The van der Waals surface area contributed by atoms with Crippen LogP contribution >= 0.6 is 0 Å². The molecule has 1 aromatic heterocycles. The number of ether oxygens (including phenoxy) is 1. The highest BCUT2D eigenvalue weighted by atomic mass is 32.2. The van der Waals surface area contributed by atoms with Crippen molar-refractivity contribution < 1.29 is 18.1 Å². The highest BCUT2D eigenvalue weighted by molar-refractivity contribution is 7.91. The molecule has 2 aromatic rings. The average Bonchev–Trinajstić information content (AvgIpc) is 3.32. The van der Waals surface area contributed by atoms with Crippen LogP contribution in [-0.4, -0.2) is 39.7 Å². The van der Waals surface area contributed by atoms with Gasteiger partial charge in [0.2, 0.25) is 5.88 Å². The van der Waals surface area contributed by atoms with Crippen molar-refractivity contribution in [1.29, 1.82) is 0 Å². The Labute approximate surface area is 173 Å². The lowest BCUT2D eigenvalue weighted by Gasteiger charge is -2.26. The Balaban J connectivity index is 1.45. The number of urea groups is 1. The summed E-state index contributed by atoms with van der Waals surface area (Å²) in [5.74, 6) is 0.127. The number of carbonyl (C=O) groups excluding carboxylic acids is 1. The zero-order chi connectivity index (χ0) is 21.0. The first-order valence-electron chi connectivity index (χ1n) is 9.95. The number of benzene rings is 1. The third-order valence-electron chi connectivity index (χ3n) is 6.09. The predicted molar refractivity (Wildman–Crippen MR) is 108 cm³/mol. The van der Waals surface area contributed by atoms with Gasteiger partial charge < -0.3 is 15.4 Å². The van der Waals surface area contributed by atoms with Gasteiger partial charge in [-0.3, -0.25) is 0 Å². The average molecular weight is 434 g/mol. The quantitative estimate of drug-likeness (QED) is 0.676. The van der Waals surface area contributed by atoms with Crippen molar-refractivity contribution in [3.8, 4) is 5.88 Å². The lowest BCUT2D eigenvalue weighted by atomic mass is 9.83. The molecule has 2 amide bonds. The number of amides is 2. The summed E-state index contributed by atoms with van der Waals surface area (Å²) in [6, 6.07) is -0.751. The number of halogens is 1. The maximum atomic E-state index is 14.6. The maximum Gasteiger partial charge on any atom is 0.354 e. The molecule has 2 aliphatic carbocycles. The van der Waals surface area contributed by atoms with Crippen molar-refractivity contribution in [3.63, 3.8) is 0 Å². The molecular weight excluding hydrogens is 411 g/mol. The van der Waals surface area contributed by atoms with Gasteiger partial charge in [0.05, 0.1) is 18.8 Å².